The third-order valence-electron chi connectivity index (χ3n) is 5.49. The lowest BCUT2D eigenvalue weighted by Crippen LogP contribution is -2.24. The number of ether oxygens (including phenoxy) is 1. The summed E-state index contributed by atoms with van der Waals surface area (Å²) in [6, 6.07) is 17.2. The molecular weight excluding hydrogens is 510 g/mol. The van der Waals surface area contributed by atoms with Crippen LogP contribution in [0.4, 0.5) is 17.5 Å². The van der Waals surface area contributed by atoms with Gasteiger partial charge in [-0.05, 0) is 42.5 Å². The number of H-pyrrole nitrogens is 1. The van der Waals surface area contributed by atoms with Crippen molar-refractivity contribution in [2.24, 2.45) is 7.05 Å². The molecule has 0 aliphatic rings. The number of amides is 1. The predicted molar refractivity (Wildman–Crippen MR) is 138 cm³/mol. The third-order valence-corrected chi connectivity index (χ3v) is 6.02. The van der Waals surface area contributed by atoms with Crippen molar-refractivity contribution in [1.29, 1.82) is 0 Å². The smallest absolute Gasteiger partial charge is 0.215 e. The summed E-state index contributed by atoms with van der Waals surface area (Å²) < 4.78 is 9.09. The number of nitrogens with zero attached hydrogens (tertiary/aromatic N) is 5. The maximum Gasteiger partial charge on any atom is 0.215 e. The highest BCUT2D eigenvalue weighted by Crippen LogP contribution is 2.29. The van der Waals surface area contributed by atoms with Gasteiger partial charge >= 0.3 is 0 Å². The number of hydrogen-bond acceptors (Lipinski definition) is 6. The summed E-state index contributed by atoms with van der Waals surface area (Å²) in [5.74, 6) is 2.44. The molecule has 2 aromatic carbocycles. The Labute approximate surface area is 209 Å². The second-order valence-corrected chi connectivity index (χ2v) is 8.75. The quantitative estimate of drug-likeness (QED) is 0.253. The molecule has 5 rings (SSSR count). The van der Waals surface area contributed by atoms with Crippen LogP contribution in [0.15, 0.2) is 77.8 Å². The average molecular weight is 532 g/mol. The van der Waals surface area contributed by atoms with Crippen molar-refractivity contribution in [3.63, 3.8) is 0 Å². The highest BCUT2D eigenvalue weighted by Gasteiger charge is 2.12. The van der Waals surface area contributed by atoms with Crippen LogP contribution in [0.25, 0.3) is 11.0 Å². The summed E-state index contributed by atoms with van der Waals surface area (Å²) in [7, 11) is 1.96. The molecule has 0 atom stereocenters. The summed E-state index contributed by atoms with van der Waals surface area (Å²) >= 11 is 3.45. The largest absolute Gasteiger partial charge is 0.457 e. The number of aromatic nitrogens is 5. The molecule has 3 heterocycles. The van der Waals surface area contributed by atoms with Crippen molar-refractivity contribution in [2.45, 2.75) is 6.42 Å². The summed E-state index contributed by atoms with van der Waals surface area (Å²) in [5, 5.41) is 3.34. The van der Waals surface area contributed by atoms with Crippen LogP contribution < -0.4 is 15.0 Å². The van der Waals surface area contributed by atoms with Crippen LogP contribution in [-0.2, 0) is 18.3 Å². The minimum atomic E-state index is 0.457. The number of imidazole rings is 2. The van der Waals surface area contributed by atoms with Gasteiger partial charge in [0.15, 0.2) is 0 Å². The number of aryl methyl sites for hydroxylation is 1. The number of benzene rings is 2. The van der Waals surface area contributed by atoms with Crippen molar-refractivity contribution in [2.75, 3.05) is 16.8 Å². The van der Waals surface area contributed by atoms with E-state index in [2.05, 4.69) is 36.2 Å². The molecule has 9 nitrogen and oxygen atoms in total. The lowest BCUT2D eigenvalue weighted by Gasteiger charge is -2.16. The van der Waals surface area contributed by atoms with Gasteiger partial charge in [-0.3, -0.25) is 9.69 Å². The molecule has 0 radical (unpaired) electrons. The number of fused-ring (bicyclic) bond motifs is 1. The first-order valence-electron chi connectivity index (χ1n) is 10.9. The van der Waals surface area contributed by atoms with Crippen LogP contribution in [0.2, 0.25) is 0 Å². The molecule has 35 heavy (non-hydrogen) atoms. The molecule has 0 unspecified atom stereocenters. The van der Waals surface area contributed by atoms with E-state index < -0.39 is 0 Å². The highest BCUT2D eigenvalue weighted by molar-refractivity contribution is 9.10. The molecule has 10 heteroatoms. The molecule has 0 aliphatic heterocycles. The fourth-order valence-electron chi connectivity index (χ4n) is 3.66. The Hall–Kier alpha value is -4.18. The molecule has 0 saturated heterocycles. The Morgan fingerprint density at radius 2 is 1.94 bits per heavy atom. The van der Waals surface area contributed by atoms with Gasteiger partial charge in [0.05, 0.1) is 23.1 Å². The fraction of sp³-hybridized carbons (Fsp3) is 0.120. The number of nitrogens with one attached hydrogen (secondary N) is 2. The third kappa shape index (κ3) is 5.17. The van der Waals surface area contributed by atoms with Crippen molar-refractivity contribution in [3.8, 4) is 11.5 Å². The highest BCUT2D eigenvalue weighted by atomic mass is 79.9. The van der Waals surface area contributed by atoms with Crippen molar-refractivity contribution >= 4 is 50.8 Å². The normalized spacial score (nSPS) is 10.9. The first kappa shape index (κ1) is 22.6. The predicted octanol–water partition coefficient (Wildman–Crippen LogP) is 5.20. The van der Waals surface area contributed by atoms with Gasteiger partial charge in [-0.1, -0.05) is 15.9 Å². The van der Waals surface area contributed by atoms with E-state index >= 15 is 0 Å². The van der Waals surface area contributed by atoms with Gasteiger partial charge in [0.25, 0.3) is 0 Å². The van der Waals surface area contributed by atoms with Crippen molar-refractivity contribution in [1.82, 2.24) is 24.5 Å². The van der Waals surface area contributed by atoms with E-state index in [1.165, 1.54) is 4.90 Å². The van der Waals surface area contributed by atoms with Gasteiger partial charge in [-0.15, -0.1) is 0 Å². The van der Waals surface area contributed by atoms with Crippen molar-refractivity contribution in [3.05, 3.63) is 83.5 Å². The molecule has 1 amide bonds. The van der Waals surface area contributed by atoms with E-state index in [0.29, 0.717) is 30.3 Å². The average Bonchev–Trinajstić information content (AvgIpc) is 3.49. The van der Waals surface area contributed by atoms with Gasteiger partial charge in [0.1, 0.15) is 17.3 Å². The first-order valence-corrected chi connectivity index (χ1v) is 11.7. The van der Waals surface area contributed by atoms with Crippen LogP contribution in [0.1, 0.15) is 5.69 Å². The summed E-state index contributed by atoms with van der Waals surface area (Å²) in [4.78, 5) is 29.3. The molecule has 0 aliphatic carbocycles. The minimum absolute atomic E-state index is 0.457. The second-order valence-electron chi connectivity index (χ2n) is 7.84. The molecule has 5 aromatic rings. The topological polar surface area (TPSA) is 101 Å². The van der Waals surface area contributed by atoms with Crippen LogP contribution in [0.3, 0.4) is 0 Å². The van der Waals surface area contributed by atoms with Crippen molar-refractivity contribution < 1.29 is 9.53 Å². The van der Waals surface area contributed by atoms with E-state index in [0.717, 1.165) is 39.2 Å². The Balaban J connectivity index is 1.32. The molecular formula is C25H22BrN7O2. The number of hydrogen-bond donors (Lipinski definition) is 2. The Morgan fingerprint density at radius 1 is 1.11 bits per heavy atom. The number of carbonyl (C=O) groups is 1. The van der Waals surface area contributed by atoms with E-state index in [9.17, 15) is 4.79 Å². The monoisotopic (exact) mass is 531 g/mol. The van der Waals surface area contributed by atoms with Gasteiger partial charge in [0.2, 0.25) is 12.4 Å². The number of carbonyl (C=O) groups excluding carboxylic acids is 1. The molecule has 0 bridgehead atoms. The maximum atomic E-state index is 11.7. The van der Waals surface area contributed by atoms with E-state index in [4.69, 9.17) is 9.72 Å². The zero-order valence-electron chi connectivity index (χ0n) is 18.9. The number of rotatable bonds is 9. The van der Waals surface area contributed by atoms with Crippen LogP contribution >= 0.6 is 15.9 Å². The maximum absolute atomic E-state index is 11.7. The summed E-state index contributed by atoms with van der Waals surface area (Å²) in [5.41, 5.74) is 3.59. The fourth-order valence-corrected chi connectivity index (χ4v) is 3.92. The lowest BCUT2D eigenvalue weighted by atomic mass is 10.3. The Morgan fingerprint density at radius 3 is 2.71 bits per heavy atom. The van der Waals surface area contributed by atoms with Crippen LogP contribution in [0, 0.1) is 0 Å². The van der Waals surface area contributed by atoms with Crippen LogP contribution in [-0.4, -0.2) is 37.5 Å². The van der Waals surface area contributed by atoms with Gasteiger partial charge in [-0.25, -0.2) is 15.0 Å². The Bertz CT molecular complexity index is 1450. The molecule has 0 fully saturated rings. The molecule has 0 saturated carbocycles. The Kier molecular flexibility index (Phi) is 6.44. The van der Waals surface area contributed by atoms with E-state index in [1.807, 2.05) is 60.3 Å². The number of halogens is 1. The zero-order valence-corrected chi connectivity index (χ0v) is 20.4. The number of anilines is 3. The molecule has 2 N–H and O–H groups in total. The molecule has 0 spiro atoms. The summed E-state index contributed by atoms with van der Waals surface area (Å²) in [6.07, 6.45) is 6.42. The summed E-state index contributed by atoms with van der Waals surface area (Å²) in [6.45, 7) is 0.457. The lowest BCUT2D eigenvalue weighted by molar-refractivity contribution is -0.107. The minimum Gasteiger partial charge on any atom is -0.457 e. The zero-order chi connectivity index (χ0) is 24.2. The number of pyridine rings is 1. The SMILES string of the molecule is Cn1c(Nc2ccc(Br)cc2)nc2cc(Oc3ccnc(N(C=O)CCc4c[nH]cn4)c3)ccc21. The standard InChI is InChI=1S/C25H22BrN7O2/c1-32-23-7-6-20(12-22(23)31-25(32)30-18-4-2-17(26)3-5-18)35-21-8-10-28-24(13-21)33(16-34)11-9-19-14-27-15-29-19/h2-8,10,12-16H,9,11H2,1H3,(H,27,29)(H,30,31). The van der Waals surface area contributed by atoms with E-state index in [-0.39, 0.29) is 0 Å². The second kappa shape index (κ2) is 9.98. The molecule has 3 aromatic heterocycles. The number of aromatic amines is 1. The molecule has 176 valence electrons. The van der Waals surface area contributed by atoms with Gasteiger partial charge in [0, 0.05) is 54.7 Å². The first-order chi connectivity index (χ1) is 17.1. The van der Waals surface area contributed by atoms with Gasteiger partial charge in [-0.2, -0.15) is 0 Å². The van der Waals surface area contributed by atoms with E-state index in [1.54, 1.807) is 24.7 Å². The van der Waals surface area contributed by atoms with Crippen LogP contribution in [0.5, 0.6) is 11.5 Å². The van der Waals surface area contributed by atoms with Gasteiger partial charge < -0.3 is 19.6 Å².